The van der Waals surface area contributed by atoms with Crippen LogP contribution in [-0.4, -0.2) is 0 Å². The van der Waals surface area contributed by atoms with Crippen molar-refractivity contribution in [1.29, 1.82) is 0 Å². The van der Waals surface area contributed by atoms with E-state index in [0.29, 0.717) is 77.6 Å². The van der Waals surface area contributed by atoms with Crippen molar-refractivity contribution in [1.82, 2.24) is 0 Å². The van der Waals surface area contributed by atoms with Crippen LogP contribution in [0.1, 0.15) is 27.5 Å². The van der Waals surface area contributed by atoms with Crippen LogP contribution in [0.4, 0.5) is 0 Å². The van der Waals surface area contributed by atoms with Gasteiger partial charge in [-0.3, -0.25) is 0 Å². The Bertz CT molecular complexity index is 5410. The third kappa shape index (κ3) is 6.87. The summed E-state index contributed by atoms with van der Waals surface area (Å²) in [6.07, 6.45) is 0. The Morgan fingerprint density at radius 3 is 1.03 bits per heavy atom. The van der Waals surface area contributed by atoms with Crippen LogP contribution in [-0.2, 0) is 0 Å². The summed E-state index contributed by atoms with van der Waals surface area (Å²) in [6.45, 7) is 1.94. The Morgan fingerprint density at radius 1 is 0.274 bits per heavy atom. The topological polar surface area (TPSA) is 26.3 Å². The molecule has 0 atom stereocenters. The molecular weight excluding hydrogens is 885 g/mol. The summed E-state index contributed by atoms with van der Waals surface area (Å²) in [5.74, 6) is 0. The van der Waals surface area contributed by atoms with Gasteiger partial charge in [0.05, 0.1) is 21.9 Å². The van der Waals surface area contributed by atoms with Gasteiger partial charge in [-0.15, -0.1) is 0 Å². The van der Waals surface area contributed by atoms with Gasteiger partial charge in [-0.25, -0.2) is 0 Å². The van der Waals surface area contributed by atoms with Gasteiger partial charge in [0.25, 0.3) is 0 Å². The molecule has 0 aliphatic rings. The smallest absolute Gasteiger partial charge is 0.143 e. The van der Waals surface area contributed by atoms with E-state index in [4.69, 9.17) is 28.0 Å². The molecule has 342 valence electrons. The van der Waals surface area contributed by atoms with Crippen molar-refractivity contribution in [3.63, 3.8) is 0 Å². The number of hydrogen-bond acceptors (Lipinski definition) is 2. The van der Waals surface area contributed by atoms with E-state index in [0.717, 1.165) is 27.5 Å². The maximum absolute atomic E-state index is 9.24. The Labute approximate surface area is 445 Å². The number of fused-ring (bicyclic) bond motifs is 10. The second-order valence-electron chi connectivity index (χ2n) is 17.8. The molecule has 2 heteroatoms. The highest BCUT2D eigenvalue weighted by Gasteiger charge is 2.23. The van der Waals surface area contributed by atoms with E-state index in [1.165, 1.54) is 0 Å². The molecule has 15 rings (SSSR count). The molecule has 0 radical (unpaired) electrons. The molecule has 2 nitrogen and oxygen atoms in total. The zero-order valence-corrected chi connectivity index (χ0v) is 38.9. The van der Waals surface area contributed by atoms with Crippen molar-refractivity contribution in [3.05, 3.63) is 266 Å². The number of benzene rings is 13. The fourth-order valence-corrected chi connectivity index (χ4v) is 10.7. The predicted octanol–water partition coefficient (Wildman–Crippen LogP) is 20.4. The molecule has 0 spiro atoms. The first-order valence-corrected chi connectivity index (χ1v) is 23.8. The molecule has 13 aromatic carbocycles. The normalized spacial score (nSPS) is 14.7. The molecule has 0 saturated carbocycles. The molecule has 2 heterocycles. The lowest BCUT2D eigenvalue weighted by atomic mass is 9.85. The lowest BCUT2D eigenvalue weighted by Gasteiger charge is -2.18. The molecule has 2 aromatic heterocycles. The molecule has 0 amide bonds. The van der Waals surface area contributed by atoms with Crippen LogP contribution in [0.2, 0.25) is 0 Å². The molecular formula is C71H46O2. The van der Waals surface area contributed by atoms with E-state index < -0.39 is 48.3 Å². The Balaban J connectivity index is 0.000000157. The van der Waals surface area contributed by atoms with Crippen LogP contribution < -0.4 is 0 Å². The van der Waals surface area contributed by atoms with Gasteiger partial charge < -0.3 is 8.83 Å². The van der Waals surface area contributed by atoms with Crippen LogP contribution in [0.15, 0.2) is 269 Å². The number of hydrogen-bond donors (Lipinski definition) is 0. The summed E-state index contributed by atoms with van der Waals surface area (Å²) >= 11 is 0. The highest BCUT2D eigenvalue weighted by atomic mass is 16.3. The van der Waals surface area contributed by atoms with Crippen molar-refractivity contribution in [2.24, 2.45) is 0 Å². The number of aryl methyl sites for hydroxylation is 1. The summed E-state index contributed by atoms with van der Waals surface area (Å²) in [5, 5.41) is 4.43. The molecule has 15 aromatic rings. The third-order valence-corrected chi connectivity index (χ3v) is 13.7. The summed E-state index contributed by atoms with van der Waals surface area (Å²) in [7, 11) is 0. The van der Waals surface area contributed by atoms with Gasteiger partial charge in [0.2, 0.25) is 0 Å². The van der Waals surface area contributed by atoms with Crippen LogP contribution >= 0.6 is 0 Å². The van der Waals surface area contributed by atoms with Crippen molar-refractivity contribution in [2.45, 2.75) is 6.92 Å². The lowest BCUT2D eigenvalue weighted by molar-refractivity contribution is 0.666. The maximum atomic E-state index is 9.24. The molecule has 0 saturated heterocycles. The van der Waals surface area contributed by atoms with Crippen molar-refractivity contribution in [2.75, 3.05) is 0 Å². The van der Waals surface area contributed by atoms with E-state index in [2.05, 4.69) is 0 Å². The molecule has 0 unspecified atom stereocenters. The zero-order chi connectivity index (χ0) is 62.3. The Kier molecular flexibility index (Phi) is 6.92. The van der Waals surface area contributed by atoms with E-state index in [-0.39, 0.29) is 91.4 Å². The zero-order valence-electron chi connectivity index (χ0n) is 54.9. The van der Waals surface area contributed by atoms with Crippen molar-refractivity contribution >= 4 is 87.0 Å². The van der Waals surface area contributed by atoms with Gasteiger partial charge in [0.1, 0.15) is 22.3 Å². The summed E-state index contributed by atoms with van der Waals surface area (Å²) < 4.78 is 155. The van der Waals surface area contributed by atoms with Gasteiger partial charge >= 0.3 is 0 Å². The SMILES string of the molecule is [2H]c1c([2H])c([2H])c2c(-c3cccc4oc5c(-c6ccccc6)cccc5c34)c3c([2H])c([2H])c([2H])c([2H])c3c(-c3ccccc3)c2c1[2H].[2H]c1c([2H])c([2H])c2c(-c3cccc4oc5c(C)cccc5c34)c3c([2H])c([2H])c([2H])c([2H])c3c(-c3ccccc3)c2c1[2H]. The van der Waals surface area contributed by atoms with Gasteiger partial charge in [0.15, 0.2) is 0 Å². The summed E-state index contributed by atoms with van der Waals surface area (Å²) in [4.78, 5) is 0. The summed E-state index contributed by atoms with van der Waals surface area (Å²) in [5.41, 5.74) is 8.71. The standard InChI is InChI=1S/C38H24O.C33H22O/c1-3-13-25(14-4-1)27-21-11-23-33-37-32(22-12-24-34(37)39-38(27)33)36-30-19-9-7-17-28(30)35(26-15-5-2-6-16-26)29-18-8-10-20-31(29)36;1-21-11-9-19-28-32-27(18-10-20-29(32)34-33(21)28)31-25-16-7-5-14-23(25)30(22-12-3-2-4-13-22)24-15-6-8-17-26(24)31/h1-24H;2-20H,1H3/i7D,8D,9D,10D,17D,18D,19D,20D;5D,6D,7D,8D,14D,15D,16D,17D. The highest BCUT2D eigenvalue weighted by Crippen LogP contribution is 2.49. The largest absolute Gasteiger partial charge is 0.456 e. The van der Waals surface area contributed by atoms with Crippen LogP contribution in [0.25, 0.3) is 143 Å². The first-order chi connectivity index (χ1) is 42.8. The second-order valence-corrected chi connectivity index (χ2v) is 17.8. The Morgan fingerprint density at radius 2 is 0.603 bits per heavy atom. The summed E-state index contributed by atoms with van der Waals surface area (Å²) in [6, 6.07) is 44.6. The van der Waals surface area contributed by atoms with E-state index in [9.17, 15) is 2.74 Å². The fraction of sp³-hybridized carbons (Fsp3) is 0.0141. The monoisotopic (exact) mass is 946 g/mol. The Hall–Kier alpha value is -9.50. The number of furan rings is 2. The van der Waals surface area contributed by atoms with Crippen LogP contribution in [0.3, 0.4) is 0 Å². The first kappa shape index (κ1) is 29.0. The van der Waals surface area contributed by atoms with Crippen molar-refractivity contribution in [3.8, 4) is 55.6 Å². The predicted molar refractivity (Wildman–Crippen MR) is 309 cm³/mol. The first-order valence-electron chi connectivity index (χ1n) is 31.8. The van der Waals surface area contributed by atoms with Crippen LogP contribution in [0, 0.1) is 6.92 Å². The molecule has 0 fully saturated rings. The van der Waals surface area contributed by atoms with Crippen LogP contribution in [0.5, 0.6) is 0 Å². The molecule has 73 heavy (non-hydrogen) atoms. The highest BCUT2D eigenvalue weighted by molar-refractivity contribution is 6.27. The minimum atomic E-state index is -0.432. The molecule has 0 bridgehead atoms. The van der Waals surface area contributed by atoms with E-state index >= 15 is 0 Å². The van der Waals surface area contributed by atoms with E-state index in [1.54, 1.807) is 60.7 Å². The molecule has 0 N–H and O–H groups in total. The van der Waals surface area contributed by atoms with Gasteiger partial charge in [0, 0.05) is 27.1 Å². The second kappa shape index (κ2) is 17.4. The minimum absolute atomic E-state index is 0.174. The quantitative estimate of drug-likeness (QED) is 0.161. The number of rotatable bonds is 5. The van der Waals surface area contributed by atoms with Gasteiger partial charge in [-0.2, -0.15) is 0 Å². The van der Waals surface area contributed by atoms with E-state index in [1.807, 2.05) is 110 Å². The van der Waals surface area contributed by atoms with Crippen molar-refractivity contribution < 1.29 is 30.8 Å². The minimum Gasteiger partial charge on any atom is -0.456 e. The molecule has 0 aliphatic carbocycles. The fourth-order valence-electron chi connectivity index (χ4n) is 10.7. The van der Waals surface area contributed by atoms with Gasteiger partial charge in [-0.1, -0.05) is 248 Å². The van der Waals surface area contributed by atoms with Gasteiger partial charge in [-0.05, 0) is 118 Å². The lowest BCUT2D eigenvalue weighted by Crippen LogP contribution is -1.91. The maximum Gasteiger partial charge on any atom is 0.143 e. The molecule has 0 aliphatic heterocycles. The third-order valence-electron chi connectivity index (χ3n) is 13.7. The average molecular weight is 947 g/mol. The average Bonchev–Trinajstić information content (AvgIpc) is 0.891. The number of para-hydroxylation sites is 2.